The molecule has 0 bridgehead atoms. The van der Waals surface area contributed by atoms with Crippen molar-refractivity contribution in [1.82, 2.24) is 0 Å². The molecular formula is C14H21BrN2. The van der Waals surface area contributed by atoms with Gasteiger partial charge < -0.3 is 11.1 Å². The summed E-state index contributed by atoms with van der Waals surface area (Å²) >= 11 is 3.54. The topological polar surface area (TPSA) is 38.0 Å². The summed E-state index contributed by atoms with van der Waals surface area (Å²) in [6, 6.07) is 5.94. The summed E-state index contributed by atoms with van der Waals surface area (Å²) in [7, 11) is 0. The fraction of sp³-hybridized carbons (Fsp3) is 0.571. The number of hydrogen-bond donors (Lipinski definition) is 2. The Bertz CT molecular complexity index is 378. The summed E-state index contributed by atoms with van der Waals surface area (Å²) in [5.41, 5.74) is 7.68. The summed E-state index contributed by atoms with van der Waals surface area (Å²) in [6.45, 7) is 3.44. The van der Waals surface area contributed by atoms with Crippen molar-refractivity contribution in [3.63, 3.8) is 0 Å². The Kier molecular flexibility index (Phi) is 4.32. The van der Waals surface area contributed by atoms with Gasteiger partial charge in [-0.2, -0.15) is 0 Å². The Morgan fingerprint density at radius 1 is 1.41 bits per heavy atom. The molecule has 0 radical (unpaired) electrons. The lowest BCUT2D eigenvalue weighted by Gasteiger charge is -2.27. The van der Waals surface area contributed by atoms with E-state index in [9.17, 15) is 0 Å². The average Bonchev–Trinajstić information content (AvgIpc) is 2.28. The summed E-state index contributed by atoms with van der Waals surface area (Å²) < 4.78 is 1.06. The summed E-state index contributed by atoms with van der Waals surface area (Å²) in [6.07, 6.45) is 5.52. The van der Waals surface area contributed by atoms with Gasteiger partial charge in [0.05, 0.1) is 0 Å². The van der Waals surface area contributed by atoms with E-state index in [1.54, 1.807) is 0 Å². The van der Waals surface area contributed by atoms with Gasteiger partial charge >= 0.3 is 0 Å². The van der Waals surface area contributed by atoms with Crippen molar-refractivity contribution >= 4 is 27.3 Å². The molecule has 2 atom stereocenters. The number of nitrogens with one attached hydrogen (secondary N) is 1. The van der Waals surface area contributed by atoms with Crippen LogP contribution in [-0.2, 0) is 0 Å². The molecular weight excluding hydrogens is 276 g/mol. The first-order valence-electron chi connectivity index (χ1n) is 6.44. The van der Waals surface area contributed by atoms with E-state index in [1.807, 2.05) is 18.2 Å². The van der Waals surface area contributed by atoms with Crippen LogP contribution in [0.1, 0.15) is 32.6 Å². The number of benzene rings is 1. The van der Waals surface area contributed by atoms with Gasteiger partial charge in [-0.15, -0.1) is 0 Å². The first-order valence-corrected chi connectivity index (χ1v) is 7.23. The molecule has 0 saturated heterocycles. The van der Waals surface area contributed by atoms with Crippen molar-refractivity contribution in [3.8, 4) is 0 Å². The minimum Gasteiger partial charge on any atom is -0.399 e. The SMILES string of the molecule is CC1CCCC(CNc2ccc(N)cc2Br)C1. The van der Waals surface area contributed by atoms with E-state index in [-0.39, 0.29) is 0 Å². The number of halogens is 1. The molecule has 2 unspecified atom stereocenters. The zero-order valence-corrected chi connectivity index (χ0v) is 12.0. The van der Waals surface area contributed by atoms with Gasteiger partial charge in [0, 0.05) is 22.4 Å². The zero-order chi connectivity index (χ0) is 12.3. The molecule has 1 aliphatic carbocycles. The molecule has 0 aliphatic heterocycles. The van der Waals surface area contributed by atoms with Crippen molar-refractivity contribution in [2.75, 3.05) is 17.6 Å². The molecule has 1 aliphatic rings. The highest BCUT2D eigenvalue weighted by Gasteiger charge is 2.18. The third kappa shape index (κ3) is 3.63. The highest BCUT2D eigenvalue weighted by atomic mass is 79.9. The van der Waals surface area contributed by atoms with E-state index in [1.165, 1.54) is 25.7 Å². The molecule has 3 N–H and O–H groups in total. The van der Waals surface area contributed by atoms with Crippen molar-refractivity contribution in [3.05, 3.63) is 22.7 Å². The Hall–Kier alpha value is -0.700. The van der Waals surface area contributed by atoms with Crippen LogP contribution in [0.25, 0.3) is 0 Å². The second kappa shape index (κ2) is 5.76. The maximum absolute atomic E-state index is 5.73. The smallest absolute Gasteiger partial charge is 0.0486 e. The van der Waals surface area contributed by atoms with E-state index >= 15 is 0 Å². The highest BCUT2D eigenvalue weighted by molar-refractivity contribution is 9.10. The third-order valence-corrected chi connectivity index (χ3v) is 4.28. The predicted octanol–water partition coefficient (Wildman–Crippen LogP) is 4.27. The second-order valence-electron chi connectivity index (χ2n) is 5.26. The molecule has 3 heteroatoms. The molecule has 0 spiro atoms. The van der Waals surface area contributed by atoms with Gasteiger partial charge in [0.1, 0.15) is 0 Å². The van der Waals surface area contributed by atoms with Crippen molar-refractivity contribution in [2.24, 2.45) is 11.8 Å². The molecule has 2 rings (SSSR count). The quantitative estimate of drug-likeness (QED) is 0.818. The minimum absolute atomic E-state index is 0.800. The predicted molar refractivity (Wildman–Crippen MR) is 78.2 cm³/mol. The molecule has 1 saturated carbocycles. The van der Waals surface area contributed by atoms with Crippen molar-refractivity contribution in [2.45, 2.75) is 32.6 Å². The largest absolute Gasteiger partial charge is 0.399 e. The maximum Gasteiger partial charge on any atom is 0.0486 e. The molecule has 1 fully saturated rings. The standard InChI is InChI=1S/C14H21BrN2/c1-10-3-2-4-11(7-10)9-17-14-6-5-12(16)8-13(14)15/h5-6,8,10-11,17H,2-4,7,9,16H2,1H3. The number of nitrogen functional groups attached to an aromatic ring is 1. The van der Waals surface area contributed by atoms with Crippen LogP contribution >= 0.6 is 15.9 Å². The average molecular weight is 297 g/mol. The Morgan fingerprint density at radius 3 is 2.94 bits per heavy atom. The van der Waals surface area contributed by atoms with Crippen LogP contribution in [0.15, 0.2) is 22.7 Å². The first-order chi connectivity index (χ1) is 8.15. The van der Waals surface area contributed by atoms with Crippen LogP contribution in [0.3, 0.4) is 0 Å². The van der Waals surface area contributed by atoms with Gasteiger partial charge in [0.15, 0.2) is 0 Å². The van der Waals surface area contributed by atoms with E-state index < -0.39 is 0 Å². The zero-order valence-electron chi connectivity index (χ0n) is 10.4. The van der Waals surface area contributed by atoms with E-state index in [2.05, 4.69) is 28.2 Å². The third-order valence-electron chi connectivity index (χ3n) is 3.62. The van der Waals surface area contributed by atoms with Gasteiger partial charge in [-0.05, 0) is 58.8 Å². The lowest BCUT2D eigenvalue weighted by Crippen LogP contribution is -2.21. The lowest BCUT2D eigenvalue weighted by atomic mass is 9.82. The van der Waals surface area contributed by atoms with Gasteiger partial charge in [-0.3, -0.25) is 0 Å². The molecule has 1 aromatic carbocycles. The number of nitrogens with two attached hydrogens (primary N) is 1. The van der Waals surface area contributed by atoms with Crippen LogP contribution in [0.5, 0.6) is 0 Å². The number of hydrogen-bond acceptors (Lipinski definition) is 2. The van der Waals surface area contributed by atoms with Gasteiger partial charge in [-0.1, -0.05) is 19.8 Å². The number of rotatable bonds is 3. The normalized spacial score (nSPS) is 24.6. The minimum atomic E-state index is 0.800. The van der Waals surface area contributed by atoms with E-state index in [0.717, 1.165) is 34.2 Å². The molecule has 17 heavy (non-hydrogen) atoms. The Labute approximate surface area is 112 Å². The van der Waals surface area contributed by atoms with E-state index in [4.69, 9.17) is 5.73 Å². The summed E-state index contributed by atoms with van der Waals surface area (Å²) in [5.74, 6) is 1.72. The highest BCUT2D eigenvalue weighted by Crippen LogP contribution is 2.30. The molecule has 0 heterocycles. The van der Waals surface area contributed by atoms with Crippen molar-refractivity contribution < 1.29 is 0 Å². The summed E-state index contributed by atoms with van der Waals surface area (Å²) in [4.78, 5) is 0. The molecule has 1 aromatic rings. The molecule has 0 aromatic heterocycles. The van der Waals surface area contributed by atoms with Crippen LogP contribution < -0.4 is 11.1 Å². The Balaban J connectivity index is 1.88. The Morgan fingerprint density at radius 2 is 2.24 bits per heavy atom. The van der Waals surface area contributed by atoms with Crippen LogP contribution in [0.2, 0.25) is 0 Å². The molecule has 0 amide bonds. The van der Waals surface area contributed by atoms with Gasteiger partial charge in [0.25, 0.3) is 0 Å². The van der Waals surface area contributed by atoms with Crippen LogP contribution in [-0.4, -0.2) is 6.54 Å². The fourth-order valence-corrected chi connectivity index (χ4v) is 3.21. The fourth-order valence-electron chi connectivity index (χ4n) is 2.67. The van der Waals surface area contributed by atoms with Crippen molar-refractivity contribution in [1.29, 1.82) is 0 Å². The lowest BCUT2D eigenvalue weighted by molar-refractivity contribution is 0.293. The summed E-state index contributed by atoms with van der Waals surface area (Å²) in [5, 5.41) is 3.53. The van der Waals surface area contributed by atoms with Crippen LogP contribution in [0.4, 0.5) is 11.4 Å². The van der Waals surface area contributed by atoms with E-state index in [0.29, 0.717) is 0 Å². The molecule has 94 valence electrons. The van der Waals surface area contributed by atoms with Gasteiger partial charge in [0.2, 0.25) is 0 Å². The molecule has 2 nitrogen and oxygen atoms in total. The monoisotopic (exact) mass is 296 g/mol. The van der Waals surface area contributed by atoms with Crippen LogP contribution in [0, 0.1) is 11.8 Å². The number of anilines is 2. The first kappa shape index (κ1) is 12.7. The van der Waals surface area contributed by atoms with Gasteiger partial charge in [-0.25, -0.2) is 0 Å². The maximum atomic E-state index is 5.73. The second-order valence-corrected chi connectivity index (χ2v) is 6.11.